The standard InChI is InChI=1S/C23H32N2O/c1-18-6-5-15-25(18)19(2)21-8-10-22(11-9-21)24-14-4-3-7-20(16-24)17-26-23-12-13-23/h3-7,14-16,19,21-23H,8-13,17H2,1-2H3/t19-,21?,22?/m1/s1. The predicted octanol–water partition coefficient (Wildman–Crippen LogP) is 5.36. The van der Waals surface area contributed by atoms with Crippen LogP contribution in [0.2, 0.25) is 0 Å². The maximum atomic E-state index is 5.91. The lowest BCUT2D eigenvalue weighted by atomic mass is 9.81. The van der Waals surface area contributed by atoms with Gasteiger partial charge < -0.3 is 14.2 Å². The molecule has 0 radical (unpaired) electrons. The van der Waals surface area contributed by atoms with Crippen molar-refractivity contribution in [3.05, 3.63) is 60.2 Å². The van der Waals surface area contributed by atoms with Crippen LogP contribution in [0, 0.1) is 12.8 Å². The van der Waals surface area contributed by atoms with Crippen LogP contribution in [0.25, 0.3) is 0 Å². The molecule has 0 aromatic carbocycles. The second kappa shape index (κ2) is 7.87. The van der Waals surface area contributed by atoms with E-state index in [2.05, 4.69) is 72.3 Å². The number of nitrogens with zero attached hydrogens (tertiary/aromatic N) is 2. The van der Waals surface area contributed by atoms with Gasteiger partial charge in [0.05, 0.1) is 12.7 Å². The van der Waals surface area contributed by atoms with E-state index in [4.69, 9.17) is 4.74 Å². The summed E-state index contributed by atoms with van der Waals surface area (Å²) >= 11 is 0. The number of ether oxygens (including phenoxy) is 1. The van der Waals surface area contributed by atoms with Gasteiger partial charge in [0.15, 0.2) is 0 Å². The maximum Gasteiger partial charge on any atom is 0.0734 e. The Labute approximate surface area is 158 Å². The summed E-state index contributed by atoms with van der Waals surface area (Å²) in [6.45, 7) is 5.35. The largest absolute Gasteiger partial charge is 0.373 e. The molecule has 2 saturated carbocycles. The zero-order valence-electron chi connectivity index (χ0n) is 16.2. The molecule has 0 saturated heterocycles. The molecule has 3 heteroatoms. The zero-order chi connectivity index (χ0) is 17.9. The van der Waals surface area contributed by atoms with Gasteiger partial charge in [-0.1, -0.05) is 12.2 Å². The highest BCUT2D eigenvalue weighted by Gasteiger charge is 2.28. The Balaban J connectivity index is 1.34. The van der Waals surface area contributed by atoms with E-state index in [1.54, 1.807) is 0 Å². The second-order valence-corrected chi connectivity index (χ2v) is 8.23. The van der Waals surface area contributed by atoms with Crippen molar-refractivity contribution in [2.45, 2.75) is 70.6 Å². The van der Waals surface area contributed by atoms with Gasteiger partial charge in [-0.15, -0.1) is 0 Å². The van der Waals surface area contributed by atoms with Crippen molar-refractivity contribution in [1.82, 2.24) is 9.47 Å². The minimum absolute atomic E-state index is 0.517. The van der Waals surface area contributed by atoms with Gasteiger partial charge in [0, 0.05) is 36.4 Å². The van der Waals surface area contributed by atoms with Crippen LogP contribution >= 0.6 is 0 Å². The molecule has 3 aliphatic rings. The lowest BCUT2D eigenvalue weighted by Crippen LogP contribution is -2.33. The van der Waals surface area contributed by atoms with E-state index in [0.717, 1.165) is 12.5 Å². The number of rotatable bonds is 6. The zero-order valence-corrected chi connectivity index (χ0v) is 16.2. The minimum Gasteiger partial charge on any atom is -0.373 e. The summed E-state index contributed by atoms with van der Waals surface area (Å²) in [4.78, 5) is 2.44. The molecular formula is C23H32N2O. The summed E-state index contributed by atoms with van der Waals surface area (Å²) in [7, 11) is 0. The first kappa shape index (κ1) is 17.7. The predicted molar refractivity (Wildman–Crippen MR) is 107 cm³/mol. The molecule has 0 N–H and O–H groups in total. The number of hydrogen-bond acceptors (Lipinski definition) is 2. The Hall–Kier alpha value is -1.74. The van der Waals surface area contributed by atoms with Crippen LogP contribution in [-0.4, -0.2) is 28.2 Å². The van der Waals surface area contributed by atoms with Gasteiger partial charge in [0.2, 0.25) is 0 Å². The van der Waals surface area contributed by atoms with Crippen molar-refractivity contribution in [2.75, 3.05) is 6.61 Å². The van der Waals surface area contributed by atoms with E-state index in [-0.39, 0.29) is 0 Å². The summed E-state index contributed by atoms with van der Waals surface area (Å²) < 4.78 is 8.36. The first-order valence-electron chi connectivity index (χ1n) is 10.3. The Morgan fingerprint density at radius 1 is 1.12 bits per heavy atom. The van der Waals surface area contributed by atoms with E-state index in [0.29, 0.717) is 18.2 Å². The molecule has 2 fully saturated rings. The normalized spacial score (nSPS) is 27.3. The topological polar surface area (TPSA) is 17.4 Å². The molecule has 0 bridgehead atoms. The minimum atomic E-state index is 0.517. The monoisotopic (exact) mass is 352 g/mol. The second-order valence-electron chi connectivity index (χ2n) is 8.23. The van der Waals surface area contributed by atoms with Gasteiger partial charge >= 0.3 is 0 Å². The molecule has 0 spiro atoms. The van der Waals surface area contributed by atoms with Gasteiger partial charge in [0.25, 0.3) is 0 Å². The smallest absolute Gasteiger partial charge is 0.0734 e. The van der Waals surface area contributed by atoms with E-state index >= 15 is 0 Å². The molecule has 2 aliphatic carbocycles. The highest BCUT2D eigenvalue weighted by atomic mass is 16.5. The van der Waals surface area contributed by atoms with E-state index in [1.807, 2.05) is 0 Å². The average Bonchev–Trinajstić information content (AvgIpc) is 3.44. The van der Waals surface area contributed by atoms with Gasteiger partial charge in [-0.2, -0.15) is 0 Å². The first-order chi connectivity index (χ1) is 12.7. The van der Waals surface area contributed by atoms with E-state index in [9.17, 15) is 0 Å². The molecule has 2 heterocycles. The van der Waals surface area contributed by atoms with Crippen LogP contribution in [0.1, 0.15) is 57.2 Å². The molecule has 1 aromatic heterocycles. The third-order valence-corrected chi connectivity index (χ3v) is 6.28. The van der Waals surface area contributed by atoms with Crippen molar-refractivity contribution < 1.29 is 4.74 Å². The van der Waals surface area contributed by atoms with Crippen molar-refractivity contribution >= 4 is 0 Å². The van der Waals surface area contributed by atoms with Crippen LogP contribution < -0.4 is 0 Å². The van der Waals surface area contributed by atoms with Gasteiger partial charge in [-0.05, 0) is 82.1 Å². The summed E-state index contributed by atoms with van der Waals surface area (Å²) in [6, 6.07) is 5.61. The maximum absolute atomic E-state index is 5.91. The number of allylic oxidation sites excluding steroid dienone is 2. The third kappa shape index (κ3) is 4.15. The van der Waals surface area contributed by atoms with Crippen LogP contribution in [0.4, 0.5) is 0 Å². The van der Waals surface area contributed by atoms with Crippen LogP contribution in [0.15, 0.2) is 54.5 Å². The quantitative estimate of drug-likeness (QED) is 0.685. The highest BCUT2D eigenvalue weighted by molar-refractivity contribution is 5.26. The molecule has 1 aliphatic heterocycles. The SMILES string of the molecule is Cc1cccn1[C@H](C)C1CCC(N2C=CC=CC(COC3CC3)=C2)CC1. The Bertz CT molecular complexity index is 687. The summed E-state index contributed by atoms with van der Waals surface area (Å²) in [6.07, 6.45) is 21.4. The van der Waals surface area contributed by atoms with Crippen molar-refractivity contribution in [1.29, 1.82) is 0 Å². The van der Waals surface area contributed by atoms with Crippen LogP contribution in [0.5, 0.6) is 0 Å². The Morgan fingerprint density at radius 3 is 2.62 bits per heavy atom. The molecule has 0 amide bonds. The fraction of sp³-hybridized carbons (Fsp3) is 0.565. The lowest BCUT2D eigenvalue weighted by molar-refractivity contribution is 0.140. The molecule has 26 heavy (non-hydrogen) atoms. The van der Waals surface area contributed by atoms with Gasteiger partial charge in [-0.25, -0.2) is 0 Å². The lowest BCUT2D eigenvalue weighted by Gasteiger charge is -2.37. The third-order valence-electron chi connectivity index (χ3n) is 6.28. The molecule has 1 aromatic rings. The number of hydrogen-bond donors (Lipinski definition) is 0. The van der Waals surface area contributed by atoms with Crippen molar-refractivity contribution in [2.24, 2.45) is 5.92 Å². The van der Waals surface area contributed by atoms with E-state index in [1.165, 1.54) is 49.8 Å². The number of aryl methyl sites for hydroxylation is 1. The average molecular weight is 353 g/mol. The fourth-order valence-corrected chi connectivity index (χ4v) is 4.41. The summed E-state index contributed by atoms with van der Waals surface area (Å²) in [5, 5.41) is 0. The molecule has 0 unspecified atom stereocenters. The van der Waals surface area contributed by atoms with Crippen molar-refractivity contribution in [3.8, 4) is 0 Å². The van der Waals surface area contributed by atoms with Gasteiger partial charge in [0.1, 0.15) is 0 Å². The highest BCUT2D eigenvalue weighted by Crippen LogP contribution is 2.36. The summed E-state index contributed by atoms with van der Waals surface area (Å²) in [5.74, 6) is 0.785. The van der Waals surface area contributed by atoms with Gasteiger partial charge in [-0.3, -0.25) is 0 Å². The van der Waals surface area contributed by atoms with Crippen LogP contribution in [-0.2, 0) is 4.74 Å². The summed E-state index contributed by atoms with van der Waals surface area (Å²) in [5.41, 5.74) is 2.67. The van der Waals surface area contributed by atoms with E-state index < -0.39 is 0 Å². The van der Waals surface area contributed by atoms with Crippen LogP contribution in [0.3, 0.4) is 0 Å². The number of aromatic nitrogens is 1. The Kier molecular flexibility index (Phi) is 5.35. The fourth-order valence-electron chi connectivity index (χ4n) is 4.41. The molecule has 1 atom stereocenters. The van der Waals surface area contributed by atoms with Crippen molar-refractivity contribution in [3.63, 3.8) is 0 Å². The molecule has 140 valence electrons. The Morgan fingerprint density at radius 2 is 1.92 bits per heavy atom. The molecule has 4 rings (SSSR count). The molecule has 3 nitrogen and oxygen atoms in total. The molecular weight excluding hydrogens is 320 g/mol. The first-order valence-corrected chi connectivity index (χ1v) is 10.3.